The van der Waals surface area contributed by atoms with Crippen LogP contribution in [-0.4, -0.2) is 36.6 Å². The SMILES string of the molecule is C=CCC1(C)CN(CSP(=O)(OCC)OCC)NC1=O. The zero-order valence-electron chi connectivity index (χ0n) is 12.3. The van der Waals surface area contributed by atoms with Crippen molar-refractivity contribution in [2.24, 2.45) is 5.41 Å². The first-order chi connectivity index (χ1) is 9.39. The molecule has 1 rings (SSSR count). The molecule has 0 spiro atoms. The van der Waals surface area contributed by atoms with E-state index in [4.69, 9.17) is 9.05 Å². The highest BCUT2D eigenvalue weighted by Gasteiger charge is 2.41. The van der Waals surface area contributed by atoms with E-state index in [1.165, 1.54) is 0 Å². The Balaban J connectivity index is 2.56. The van der Waals surface area contributed by atoms with E-state index in [0.717, 1.165) is 11.4 Å². The Morgan fingerprint density at radius 1 is 1.50 bits per heavy atom. The molecule has 1 saturated heterocycles. The minimum absolute atomic E-state index is 0.0411. The summed E-state index contributed by atoms with van der Waals surface area (Å²) >= 11 is 1.09. The smallest absolute Gasteiger partial charge is 0.301 e. The summed E-state index contributed by atoms with van der Waals surface area (Å²) in [7, 11) is 0. The minimum atomic E-state index is -3.15. The molecule has 0 saturated carbocycles. The van der Waals surface area contributed by atoms with Crippen LogP contribution < -0.4 is 5.43 Å². The summed E-state index contributed by atoms with van der Waals surface area (Å²) in [6, 6.07) is 0. The van der Waals surface area contributed by atoms with Crippen molar-refractivity contribution in [3.63, 3.8) is 0 Å². The lowest BCUT2D eigenvalue weighted by atomic mass is 9.87. The molecule has 0 bridgehead atoms. The second-order valence-electron chi connectivity index (χ2n) is 4.73. The zero-order valence-corrected chi connectivity index (χ0v) is 14.0. The Bertz CT molecular complexity index is 397. The van der Waals surface area contributed by atoms with Gasteiger partial charge in [0.05, 0.1) is 24.5 Å². The number of nitrogens with zero attached hydrogens (tertiary/aromatic N) is 1. The number of carbonyl (C=O) groups is 1. The van der Waals surface area contributed by atoms with Gasteiger partial charge in [-0.2, -0.15) is 0 Å². The van der Waals surface area contributed by atoms with Crippen molar-refractivity contribution >= 4 is 24.1 Å². The number of amides is 1. The summed E-state index contributed by atoms with van der Waals surface area (Å²) in [6.45, 7) is 7.15. The molecule has 0 radical (unpaired) electrons. The van der Waals surface area contributed by atoms with E-state index in [0.29, 0.717) is 32.1 Å². The van der Waals surface area contributed by atoms with Crippen molar-refractivity contribution in [3.05, 3.63) is 12.7 Å². The van der Waals surface area contributed by atoms with Gasteiger partial charge < -0.3 is 9.05 Å². The largest absolute Gasteiger partial charge is 0.390 e. The van der Waals surface area contributed by atoms with Crippen molar-refractivity contribution in [1.29, 1.82) is 0 Å². The third kappa shape index (κ3) is 4.60. The summed E-state index contributed by atoms with van der Waals surface area (Å²) < 4.78 is 22.7. The molecular weight excluding hydrogens is 299 g/mol. The van der Waals surface area contributed by atoms with Gasteiger partial charge in [-0.3, -0.25) is 10.2 Å². The van der Waals surface area contributed by atoms with E-state index in [1.807, 2.05) is 6.92 Å². The van der Waals surface area contributed by atoms with Gasteiger partial charge in [0.15, 0.2) is 0 Å². The number of allylic oxidation sites excluding steroid dienone is 1. The Labute approximate surface area is 124 Å². The summed E-state index contributed by atoms with van der Waals surface area (Å²) in [5, 5.41) is 1.74. The molecule has 1 N–H and O–H groups in total. The van der Waals surface area contributed by atoms with Crippen molar-refractivity contribution in [2.75, 3.05) is 25.6 Å². The van der Waals surface area contributed by atoms with Crippen LogP contribution in [0, 0.1) is 5.41 Å². The summed E-state index contributed by atoms with van der Waals surface area (Å²) in [5.74, 6) is 0.316. The Hall–Kier alpha value is -0.330. The molecule has 1 heterocycles. The molecule has 0 aromatic heterocycles. The van der Waals surface area contributed by atoms with Crippen LogP contribution in [-0.2, 0) is 18.4 Å². The molecular formula is C12H23N2O4PS. The third-order valence-corrected chi connectivity index (χ3v) is 6.71. The molecule has 0 aromatic carbocycles. The average Bonchev–Trinajstić information content (AvgIpc) is 2.64. The number of carbonyl (C=O) groups excluding carboxylic acids is 1. The second-order valence-corrected chi connectivity index (χ2v) is 8.78. The Kier molecular flexibility index (Phi) is 6.75. The predicted molar refractivity (Wildman–Crippen MR) is 81.1 cm³/mol. The molecule has 1 aliphatic rings. The molecule has 1 amide bonds. The van der Waals surface area contributed by atoms with Crippen LogP contribution in [0.5, 0.6) is 0 Å². The average molecular weight is 322 g/mol. The minimum Gasteiger partial charge on any atom is -0.301 e. The first-order valence-electron chi connectivity index (χ1n) is 6.59. The van der Waals surface area contributed by atoms with Gasteiger partial charge in [0.25, 0.3) is 0 Å². The van der Waals surface area contributed by atoms with Gasteiger partial charge in [0, 0.05) is 6.54 Å². The number of rotatable bonds is 9. The van der Waals surface area contributed by atoms with Gasteiger partial charge in [0.1, 0.15) is 0 Å². The van der Waals surface area contributed by atoms with Gasteiger partial charge in [-0.05, 0) is 38.6 Å². The van der Waals surface area contributed by atoms with E-state index in [1.54, 1.807) is 24.9 Å². The van der Waals surface area contributed by atoms with Crippen molar-refractivity contribution in [1.82, 2.24) is 10.4 Å². The second kappa shape index (κ2) is 7.61. The molecule has 6 nitrogen and oxygen atoms in total. The lowest BCUT2D eigenvalue weighted by Crippen LogP contribution is -2.33. The van der Waals surface area contributed by atoms with Crippen molar-refractivity contribution in [2.45, 2.75) is 27.2 Å². The number of nitrogens with one attached hydrogen (secondary N) is 1. The normalized spacial score (nSPS) is 23.9. The number of hydrogen-bond acceptors (Lipinski definition) is 6. The molecule has 1 atom stereocenters. The van der Waals surface area contributed by atoms with E-state index in [2.05, 4.69) is 12.0 Å². The molecule has 0 aliphatic carbocycles. The summed E-state index contributed by atoms with van der Waals surface area (Å²) in [6.07, 6.45) is 2.34. The van der Waals surface area contributed by atoms with E-state index in [9.17, 15) is 9.36 Å². The molecule has 1 aliphatic heterocycles. The van der Waals surface area contributed by atoms with Crippen molar-refractivity contribution < 1.29 is 18.4 Å². The zero-order chi connectivity index (χ0) is 15.2. The molecule has 8 heteroatoms. The van der Waals surface area contributed by atoms with Gasteiger partial charge in [0.2, 0.25) is 5.91 Å². The first kappa shape index (κ1) is 17.7. The first-order valence-corrected chi connectivity index (χ1v) is 9.73. The third-order valence-electron chi connectivity index (χ3n) is 2.89. The summed E-state index contributed by atoms with van der Waals surface area (Å²) in [5.41, 5.74) is 2.30. The van der Waals surface area contributed by atoms with Gasteiger partial charge in [-0.15, -0.1) is 6.58 Å². The fraction of sp³-hybridized carbons (Fsp3) is 0.750. The Morgan fingerprint density at radius 3 is 2.60 bits per heavy atom. The summed E-state index contributed by atoms with van der Waals surface area (Å²) in [4.78, 5) is 11.9. The van der Waals surface area contributed by atoms with Crippen LogP contribution in [0.4, 0.5) is 0 Å². The van der Waals surface area contributed by atoms with E-state index in [-0.39, 0.29) is 5.91 Å². The van der Waals surface area contributed by atoms with Crippen LogP contribution in [0.15, 0.2) is 12.7 Å². The molecule has 116 valence electrons. The predicted octanol–water partition coefficient (Wildman–Crippen LogP) is 2.79. The molecule has 20 heavy (non-hydrogen) atoms. The maximum absolute atomic E-state index is 12.3. The van der Waals surface area contributed by atoms with Gasteiger partial charge in [-0.25, -0.2) is 9.57 Å². The highest BCUT2D eigenvalue weighted by Crippen LogP contribution is 2.60. The molecule has 1 unspecified atom stereocenters. The lowest BCUT2D eigenvalue weighted by Gasteiger charge is -2.21. The quantitative estimate of drug-likeness (QED) is 0.520. The fourth-order valence-electron chi connectivity index (χ4n) is 1.93. The lowest BCUT2D eigenvalue weighted by molar-refractivity contribution is -0.127. The van der Waals surface area contributed by atoms with Crippen LogP contribution in [0.1, 0.15) is 27.2 Å². The number of hydrogen-bond donors (Lipinski definition) is 1. The van der Waals surface area contributed by atoms with E-state index >= 15 is 0 Å². The highest BCUT2D eigenvalue weighted by molar-refractivity contribution is 8.55. The van der Waals surface area contributed by atoms with Crippen LogP contribution in [0.3, 0.4) is 0 Å². The van der Waals surface area contributed by atoms with Crippen LogP contribution >= 0.6 is 18.2 Å². The maximum Gasteiger partial charge on any atom is 0.390 e. The topological polar surface area (TPSA) is 67.9 Å². The Morgan fingerprint density at radius 2 is 2.10 bits per heavy atom. The monoisotopic (exact) mass is 322 g/mol. The highest BCUT2D eigenvalue weighted by atomic mass is 32.7. The van der Waals surface area contributed by atoms with Crippen LogP contribution in [0.25, 0.3) is 0 Å². The van der Waals surface area contributed by atoms with Crippen LogP contribution in [0.2, 0.25) is 0 Å². The standard InChI is InChI=1S/C12H23N2O4PS/c1-5-8-12(4)9-14(13-11(12)15)10-20-19(16,17-6-2)18-7-3/h5H,1,6-10H2,2-4H3,(H,13,15). The van der Waals surface area contributed by atoms with Crippen molar-refractivity contribution in [3.8, 4) is 0 Å². The van der Waals surface area contributed by atoms with Gasteiger partial charge >= 0.3 is 6.80 Å². The molecule has 1 fully saturated rings. The van der Waals surface area contributed by atoms with Gasteiger partial charge in [-0.1, -0.05) is 6.08 Å². The maximum atomic E-state index is 12.3. The molecule has 0 aromatic rings. The number of hydrazine groups is 1. The fourth-order valence-corrected chi connectivity index (χ4v) is 5.15. The van der Waals surface area contributed by atoms with E-state index < -0.39 is 12.2 Å².